The summed E-state index contributed by atoms with van der Waals surface area (Å²) in [5, 5.41) is 18.9. The van der Waals surface area contributed by atoms with Crippen molar-refractivity contribution in [1.82, 2.24) is 10.9 Å². The van der Waals surface area contributed by atoms with E-state index in [9.17, 15) is 14.9 Å². The Hall–Kier alpha value is -2.15. The molecule has 0 aliphatic rings. The highest BCUT2D eigenvalue weighted by Crippen LogP contribution is 2.17. The highest BCUT2D eigenvalue weighted by molar-refractivity contribution is 5.63. The number of amides is 1. The fraction of sp³-hybridized carbons (Fsp3) is 0.222. The van der Waals surface area contributed by atoms with E-state index in [1.807, 2.05) is 5.43 Å². The summed E-state index contributed by atoms with van der Waals surface area (Å²) < 4.78 is 0. The molecule has 0 aliphatic carbocycles. The summed E-state index contributed by atoms with van der Waals surface area (Å²) in [5.41, 5.74) is 4.99. The van der Waals surface area contributed by atoms with Gasteiger partial charge < -0.3 is 5.11 Å². The minimum absolute atomic E-state index is 0.0413. The Morgan fingerprint density at radius 2 is 2.12 bits per heavy atom. The Morgan fingerprint density at radius 3 is 2.75 bits per heavy atom. The van der Waals surface area contributed by atoms with E-state index in [0.29, 0.717) is 12.0 Å². The molecule has 0 spiro atoms. The zero-order valence-electron chi connectivity index (χ0n) is 8.34. The minimum atomic E-state index is -1.19. The fourth-order valence-corrected chi connectivity index (χ4v) is 1.24. The number of nitrogens with one attached hydrogen (secondary N) is 2. The highest BCUT2D eigenvalue weighted by Gasteiger charge is 2.11. The number of hydrazine groups is 1. The summed E-state index contributed by atoms with van der Waals surface area (Å²) in [5.74, 6) is 0. The Kier molecular flexibility index (Phi) is 4.22. The van der Waals surface area contributed by atoms with Crippen molar-refractivity contribution in [3.8, 4) is 0 Å². The van der Waals surface area contributed by atoms with Gasteiger partial charge in [0, 0.05) is 18.2 Å². The molecule has 86 valence electrons. The van der Waals surface area contributed by atoms with E-state index in [-0.39, 0.29) is 12.2 Å². The highest BCUT2D eigenvalue weighted by atomic mass is 16.6. The third kappa shape index (κ3) is 3.54. The summed E-state index contributed by atoms with van der Waals surface area (Å²) >= 11 is 0. The average molecular weight is 225 g/mol. The van der Waals surface area contributed by atoms with Crippen molar-refractivity contribution >= 4 is 11.8 Å². The van der Waals surface area contributed by atoms with Crippen molar-refractivity contribution in [1.29, 1.82) is 0 Å². The third-order valence-corrected chi connectivity index (χ3v) is 1.90. The van der Waals surface area contributed by atoms with Gasteiger partial charge in [-0.3, -0.25) is 15.5 Å². The molecule has 0 saturated carbocycles. The van der Waals surface area contributed by atoms with Gasteiger partial charge in [-0.25, -0.2) is 10.2 Å². The number of rotatable bonds is 5. The second kappa shape index (κ2) is 5.66. The predicted octanol–water partition coefficient (Wildman–Crippen LogP) is 0.909. The summed E-state index contributed by atoms with van der Waals surface area (Å²) in [4.78, 5) is 20.3. The molecular weight excluding hydrogens is 214 g/mol. The van der Waals surface area contributed by atoms with Crippen molar-refractivity contribution in [3.63, 3.8) is 0 Å². The van der Waals surface area contributed by atoms with E-state index in [4.69, 9.17) is 5.11 Å². The molecule has 7 nitrogen and oxygen atoms in total. The number of benzene rings is 1. The van der Waals surface area contributed by atoms with E-state index < -0.39 is 11.0 Å². The van der Waals surface area contributed by atoms with Gasteiger partial charge >= 0.3 is 6.09 Å². The number of carbonyl (C=O) groups is 1. The first-order valence-electron chi connectivity index (χ1n) is 4.55. The molecule has 1 aromatic carbocycles. The lowest BCUT2D eigenvalue weighted by molar-refractivity contribution is -0.385. The number of hydrogen-bond acceptors (Lipinski definition) is 4. The molecule has 3 N–H and O–H groups in total. The number of hydrogen-bond donors (Lipinski definition) is 3. The predicted molar refractivity (Wildman–Crippen MR) is 56.0 cm³/mol. The summed E-state index contributed by atoms with van der Waals surface area (Å²) in [7, 11) is 0. The molecule has 1 rings (SSSR count). The van der Waals surface area contributed by atoms with Gasteiger partial charge in [-0.05, 0) is 6.42 Å². The van der Waals surface area contributed by atoms with E-state index in [1.54, 1.807) is 18.2 Å². The minimum Gasteiger partial charge on any atom is -0.464 e. The maximum atomic E-state index is 10.6. The van der Waals surface area contributed by atoms with Gasteiger partial charge in [0.1, 0.15) is 0 Å². The van der Waals surface area contributed by atoms with E-state index in [2.05, 4.69) is 5.43 Å². The van der Waals surface area contributed by atoms with Crippen LogP contribution in [0, 0.1) is 10.1 Å². The smallest absolute Gasteiger partial charge is 0.419 e. The molecule has 0 aromatic heterocycles. The average Bonchev–Trinajstić information content (AvgIpc) is 2.24. The molecule has 1 amide bonds. The first-order chi connectivity index (χ1) is 7.61. The van der Waals surface area contributed by atoms with E-state index in [1.165, 1.54) is 6.07 Å². The maximum Gasteiger partial charge on any atom is 0.419 e. The van der Waals surface area contributed by atoms with Crippen LogP contribution in [0.1, 0.15) is 5.56 Å². The van der Waals surface area contributed by atoms with Gasteiger partial charge in [0.25, 0.3) is 5.69 Å². The second-order valence-electron chi connectivity index (χ2n) is 2.99. The molecule has 0 atom stereocenters. The Morgan fingerprint density at radius 1 is 1.44 bits per heavy atom. The van der Waals surface area contributed by atoms with E-state index >= 15 is 0 Å². The standard InChI is InChI=1S/C9H11N3O4/c13-9(14)11-10-6-5-7-3-1-2-4-8(7)12(15)16/h1-4,10-11H,5-6H2,(H,13,14). The lowest BCUT2D eigenvalue weighted by Crippen LogP contribution is -2.37. The topological polar surface area (TPSA) is 104 Å². The van der Waals surface area contributed by atoms with Crippen LogP contribution in [-0.2, 0) is 6.42 Å². The Bertz CT molecular complexity index is 394. The normalized spacial score (nSPS) is 9.75. The number of nitro benzene ring substituents is 1. The number of nitro groups is 1. The van der Waals surface area contributed by atoms with Crippen molar-refractivity contribution < 1.29 is 14.8 Å². The monoisotopic (exact) mass is 225 g/mol. The van der Waals surface area contributed by atoms with Crippen LogP contribution in [0.4, 0.5) is 10.5 Å². The zero-order valence-corrected chi connectivity index (χ0v) is 8.34. The molecule has 0 bridgehead atoms. The molecule has 0 unspecified atom stereocenters. The Labute approximate surface area is 91.2 Å². The van der Waals surface area contributed by atoms with Gasteiger partial charge in [0.2, 0.25) is 0 Å². The van der Waals surface area contributed by atoms with Crippen LogP contribution in [0.3, 0.4) is 0 Å². The van der Waals surface area contributed by atoms with Gasteiger partial charge in [-0.15, -0.1) is 0 Å². The SMILES string of the molecule is O=C(O)NNCCc1ccccc1[N+](=O)[O-]. The first kappa shape index (κ1) is 11.9. The quantitative estimate of drug-likeness (QED) is 0.392. The molecule has 1 aromatic rings. The van der Waals surface area contributed by atoms with Crippen LogP contribution in [-0.4, -0.2) is 22.7 Å². The van der Waals surface area contributed by atoms with Crippen LogP contribution < -0.4 is 10.9 Å². The number of para-hydroxylation sites is 1. The van der Waals surface area contributed by atoms with Crippen molar-refractivity contribution in [3.05, 3.63) is 39.9 Å². The molecule has 0 saturated heterocycles. The van der Waals surface area contributed by atoms with Gasteiger partial charge in [-0.1, -0.05) is 18.2 Å². The lowest BCUT2D eigenvalue weighted by atomic mass is 10.1. The molecule has 7 heteroatoms. The van der Waals surface area contributed by atoms with Crippen LogP contribution in [0.2, 0.25) is 0 Å². The Balaban J connectivity index is 2.53. The number of carboxylic acid groups (broad SMARTS) is 1. The second-order valence-corrected chi connectivity index (χ2v) is 2.99. The number of nitrogens with zero attached hydrogens (tertiary/aromatic N) is 1. The molecule has 16 heavy (non-hydrogen) atoms. The van der Waals surface area contributed by atoms with Crippen LogP contribution >= 0.6 is 0 Å². The van der Waals surface area contributed by atoms with Crippen LogP contribution in [0.25, 0.3) is 0 Å². The summed E-state index contributed by atoms with van der Waals surface area (Å²) in [6.45, 7) is 0.289. The van der Waals surface area contributed by atoms with Crippen molar-refractivity contribution in [2.24, 2.45) is 0 Å². The van der Waals surface area contributed by atoms with Gasteiger partial charge in [-0.2, -0.15) is 0 Å². The summed E-state index contributed by atoms with van der Waals surface area (Å²) in [6, 6.07) is 6.35. The van der Waals surface area contributed by atoms with Crippen molar-refractivity contribution in [2.75, 3.05) is 6.54 Å². The first-order valence-corrected chi connectivity index (χ1v) is 4.55. The molecule has 0 fully saturated rings. The molecule has 0 aliphatic heterocycles. The fourth-order valence-electron chi connectivity index (χ4n) is 1.24. The summed E-state index contributed by atoms with van der Waals surface area (Å²) in [6.07, 6.45) is -0.820. The third-order valence-electron chi connectivity index (χ3n) is 1.90. The van der Waals surface area contributed by atoms with Crippen molar-refractivity contribution in [2.45, 2.75) is 6.42 Å². The molecular formula is C9H11N3O4. The maximum absolute atomic E-state index is 10.6. The largest absolute Gasteiger partial charge is 0.464 e. The van der Waals surface area contributed by atoms with Crippen LogP contribution in [0.5, 0.6) is 0 Å². The molecule has 0 heterocycles. The lowest BCUT2D eigenvalue weighted by Gasteiger charge is -2.04. The van der Waals surface area contributed by atoms with Crippen LogP contribution in [0.15, 0.2) is 24.3 Å². The van der Waals surface area contributed by atoms with E-state index in [0.717, 1.165) is 0 Å². The molecule has 0 radical (unpaired) electrons. The zero-order chi connectivity index (χ0) is 12.0. The van der Waals surface area contributed by atoms with Gasteiger partial charge in [0.05, 0.1) is 4.92 Å². The van der Waals surface area contributed by atoms with Gasteiger partial charge in [0.15, 0.2) is 0 Å².